The Bertz CT molecular complexity index is 765. The summed E-state index contributed by atoms with van der Waals surface area (Å²) < 4.78 is 7.85. The zero-order chi connectivity index (χ0) is 16.0. The van der Waals surface area contributed by atoms with Gasteiger partial charge in [-0.3, -0.25) is 0 Å². The minimum absolute atomic E-state index is 0.0185. The highest BCUT2D eigenvalue weighted by molar-refractivity contribution is 6.33. The number of anilines is 1. The molecule has 2 aliphatic rings. The standard InChI is InChI=1S/C14H14ClN5O3/c15-10-3-8(14(21)22)4-16-13(10)19-2-1-11-12(6-19)23-7-9-5-17-18-20(9)11/h3-5,11-12H,1-2,6-7H2,(H,21,22). The summed E-state index contributed by atoms with van der Waals surface area (Å²) in [5, 5.41) is 17.4. The molecule has 9 heteroatoms. The van der Waals surface area contributed by atoms with Crippen LogP contribution in [0.2, 0.25) is 5.02 Å². The first-order valence-corrected chi connectivity index (χ1v) is 7.66. The van der Waals surface area contributed by atoms with Gasteiger partial charge in [0.2, 0.25) is 0 Å². The monoisotopic (exact) mass is 335 g/mol. The van der Waals surface area contributed by atoms with Crippen molar-refractivity contribution in [3.63, 3.8) is 0 Å². The van der Waals surface area contributed by atoms with Crippen molar-refractivity contribution >= 4 is 23.4 Å². The number of fused-ring (bicyclic) bond motifs is 3. The molecule has 2 atom stereocenters. The predicted octanol–water partition coefficient (Wildman–Crippen LogP) is 1.37. The van der Waals surface area contributed by atoms with Crippen LogP contribution in [0.5, 0.6) is 0 Å². The van der Waals surface area contributed by atoms with E-state index in [1.165, 1.54) is 12.3 Å². The molecule has 0 bridgehead atoms. The third-order valence-corrected chi connectivity index (χ3v) is 4.58. The van der Waals surface area contributed by atoms with E-state index in [0.717, 1.165) is 18.7 Å². The minimum atomic E-state index is -1.04. The van der Waals surface area contributed by atoms with Gasteiger partial charge in [-0.15, -0.1) is 5.10 Å². The highest BCUT2D eigenvalue weighted by Crippen LogP contribution is 2.34. The molecule has 0 radical (unpaired) electrons. The second-order valence-electron chi connectivity index (χ2n) is 5.66. The Morgan fingerprint density at radius 3 is 3.09 bits per heavy atom. The molecule has 0 spiro atoms. The van der Waals surface area contributed by atoms with Gasteiger partial charge in [0, 0.05) is 19.3 Å². The molecule has 0 aromatic carbocycles. The van der Waals surface area contributed by atoms with Crippen molar-refractivity contribution < 1.29 is 14.6 Å². The van der Waals surface area contributed by atoms with Crippen molar-refractivity contribution in [2.75, 3.05) is 18.0 Å². The first-order valence-electron chi connectivity index (χ1n) is 7.28. The Labute approximate surface area is 136 Å². The summed E-state index contributed by atoms with van der Waals surface area (Å²) in [5.74, 6) is -0.456. The molecule has 1 fully saturated rings. The van der Waals surface area contributed by atoms with Crippen LogP contribution in [0.3, 0.4) is 0 Å². The lowest BCUT2D eigenvalue weighted by Gasteiger charge is -2.41. The van der Waals surface area contributed by atoms with Crippen LogP contribution in [0.15, 0.2) is 18.5 Å². The Balaban J connectivity index is 1.56. The van der Waals surface area contributed by atoms with E-state index in [1.807, 2.05) is 9.58 Å². The van der Waals surface area contributed by atoms with Crippen molar-refractivity contribution in [2.24, 2.45) is 0 Å². The molecule has 8 nitrogen and oxygen atoms in total. The quantitative estimate of drug-likeness (QED) is 0.885. The van der Waals surface area contributed by atoms with Gasteiger partial charge in [0.25, 0.3) is 0 Å². The maximum atomic E-state index is 11.0. The van der Waals surface area contributed by atoms with Gasteiger partial charge in [0.05, 0.1) is 41.2 Å². The second-order valence-corrected chi connectivity index (χ2v) is 6.06. The van der Waals surface area contributed by atoms with E-state index in [1.54, 1.807) is 6.20 Å². The topological polar surface area (TPSA) is 93.4 Å². The molecule has 4 rings (SSSR count). The zero-order valence-electron chi connectivity index (χ0n) is 12.1. The Morgan fingerprint density at radius 1 is 1.43 bits per heavy atom. The van der Waals surface area contributed by atoms with Gasteiger partial charge in [-0.05, 0) is 12.5 Å². The predicted molar refractivity (Wildman–Crippen MR) is 80.7 cm³/mol. The lowest BCUT2D eigenvalue weighted by atomic mass is 10.00. The molecule has 0 amide bonds. The van der Waals surface area contributed by atoms with Crippen LogP contribution in [-0.4, -0.2) is 50.2 Å². The fourth-order valence-corrected chi connectivity index (χ4v) is 3.45. The minimum Gasteiger partial charge on any atom is -0.478 e. The number of hydrogen-bond acceptors (Lipinski definition) is 6. The number of carboxylic acid groups (broad SMARTS) is 1. The molecule has 2 aromatic rings. The zero-order valence-corrected chi connectivity index (χ0v) is 12.8. The third-order valence-electron chi connectivity index (χ3n) is 4.30. The van der Waals surface area contributed by atoms with Crippen LogP contribution < -0.4 is 4.90 Å². The summed E-state index contributed by atoms with van der Waals surface area (Å²) in [6.07, 6.45) is 3.87. The Kier molecular flexibility index (Phi) is 3.42. The first-order chi connectivity index (χ1) is 11.1. The average molecular weight is 336 g/mol. The fourth-order valence-electron chi connectivity index (χ4n) is 3.16. The summed E-state index contributed by atoms with van der Waals surface area (Å²) in [7, 11) is 0. The van der Waals surface area contributed by atoms with Gasteiger partial charge >= 0.3 is 5.97 Å². The molecule has 4 heterocycles. The summed E-state index contributed by atoms with van der Waals surface area (Å²) in [6, 6.07) is 1.59. The van der Waals surface area contributed by atoms with Gasteiger partial charge in [0.1, 0.15) is 5.82 Å². The molecule has 0 aliphatic carbocycles. The second kappa shape index (κ2) is 5.47. The third kappa shape index (κ3) is 2.43. The van der Waals surface area contributed by atoms with Crippen LogP contribution in [0, 0.1) is 0 Å². The molecular weight excluding hydrogens is 322 g/mol. The number of ether oxygens (including phenoxy) is 1. The van der Waals surface area contributed by atoms with Crippen LogP contribution in [0.1, 0.15) is 28.5 Å². The summed E-state index contributed by atoms with van der Waals surface area (Å²) in [6.45, 7) is 1.85. The fraction of sp³-hybridized carbons (Fsp3) is 0.429. The maximum Gasteiger partial charge on any atom is 0.337 e. The van der Waals surface area contributed by atoms with E-state index in [4.69, 9.17) is 21.4 Å². The SMILES string of the molecule is O=C(O)c1cnc(N2CCC3C(C2)OCc2cnnn23)c(Cl)c1. The van der Waals surface area contributed by atoms with Gasteiger partial charge in [0.15, 0.2) is 0 Å². The van der Waals surface area contributed by atoms with E-state index in [-0.39, 0.29) is 17.7 Å². The molecule has 1 N–H and O–H groups in total. The number of hydrogen-bond donors (Lipinski definition) is 1. The molecule has 2 unspecified atom stereocenters. The smallest absolute Gasteiger partial charge is 0.337 e. The number of aromatic nitrogens is 4. The molecule has 1 saturated heterocycles. The van der Waals surface area contributed by atoms with Crippen molar-refractivity contribution in [1.82, 2.24) is 20.0 Å². The van der Waals surface area contributed by atoms with Crippen LogP contribution in [-0.2, 0) is 11.3 Å². The van der Waals surface area contributed by atoms with E-state index in [9.17, 15) is 4.79 Å². The summed E-state index contributed by atoms with van der Waals surface area (Å²) >= 11 is 6.21. The van der Waals surface area contributed by atoms with Crippen molar-refractivity contribution in [3.05, 3.63) is 34.7 Å². The maximum absolute atomic E-state index is 11.0. The number of rotatable bonds is 2. The molecule has 2 aromatic heterocycles. The highest BCUT2D eigenvalue weighted by atomic mass is 35.5. The Morgan fingerprint density at radius 2 is 2.30 bits per heavy atom. The first kappa shape index (κ1) is 14.4. The number of aromatic carboxylic acids is 1. The Hall–Kier alpha value is -2.19. The van der Waals surface area contributed by atoms with Gasteiger partial charge < -0.3 is 14.7 Å². The number of piperidine rings is 1. The van der Waals surface area contributed by atoms with Gasteiger partial charge in [-0.25, -0.2) is 14.5 Å². The number of halogens is 1. The summed E-state index contributed by atoms with van der Waals surface area (Å²) in [4.78, 5) is 17.2. The summed E-state index contributed by atoms with van der Waals surface area (Å²) in [5.41, 5.74) is 1.07. The van der Waals surface area contributed by atoms with E-state index >= 15 is 0 Å². The highest BCUT2D eigenvalue weighted by Gasteiger charge is 2.37. The largest absolute Gasteiger partial charge is 0.478 e. The number of nitrogens with zero attached hydrogens (tertiary/aromatic N) is 5. The molecule has 2 aliphatic heterocycles. The molecular formula is C14H14ClN5O3. The van der Waals surface area contributed by atoms with Crippen LogP contribution in [0.4, 0.5) is 5.82 Å². The van der Waals surface area contributed by atoms with E-state index in [0.29, 0.717) is 24.0 Å². The van der Waals surface area contributed by atoms with Crippen molar-refractivity contribution in [1.29, 1.82) is 0 Å². The van der Waals surface area contributed by atoms with Crippen molar-refractivity contribution in [3.8, 4) is 0 Å². The number of carboxylic acids is 1. The van der Waals surface area contributed by atoms with Crippen molar-refractivity contribution in [2.45, 2.75) is 25.2 Å². The van der Waals surface area contributed by atoms with E-state index < -0.39 is 5.97 Å². The lowest BCUT2D eigenvalue weighted by Crippen LogP contribution is -2.49. The lowest BCUT2D eigenvalue weighted by molar-refractivity contribution is -0.0335. The number of carbonyl (C=O) groups is 1. The molecule has 23 heavy (non-hydrogen) atoms. The van der Waals surface area contributed by atoms with Gasteiger partial charge in [-0.2, -0.15) is 0 Å². The van der Waals surface area contributed by atoms with Crippen LogP contribution >= 0.6 is 11.6 Å². The van der Waals surface area contributed by atoms with Crippen LogP contribution in [0.25, 0.3) is 0 Å². The average Bonchev–Trinajstić information content (AvgIpc) is 3.03. The molecule has 120 valence electrons. The molecule has 0 saturated carbocycles. The number of pyridine rings is 1. The normalized spacial score (nSPS) is 23.3. The van der Waals surface area contributed by atoms with Gasteiger partial charge in [-0.1, -0.05) is 16.8 Å². The van der Waals surface area contributed by atoms with E-state index in [2.05, 4.69) is 15.3 Å².